The molecule has 1 aromatic carbocycles. The fraction of sp³-hybridized carbons (Fsp3) is 0.300. The van der Waals surface area contributed by atoms with Gasteiger partial charge in [0.05, 0.1) is 21.9 Å². The average Bonchev–Trinajstić information content (AvgIpc) is 3.14. The predicted molar refractivity (Wildman–Crippen MR) is 107 cm³/mol. The van der Waals surface area contributed by atoms with E-state index in [1.54, 1.807) is 0 Å². The number of hydrogen-bond donors (Lipinski definition) is 0. The molecule has 0 spiro atoms. The van der Waals surface area contributed by atoms with Crippen LogP contribution in [-0.2, 0) is 27.9 Å². The summed E-state index contributed by atoms with van der Waals surface area (Å²) in [5, 5.41) is -0.253. The molecule has 0 bridgehead atoms. The Bertz CT molecular complexity index is 1190. The minimum Gasteiger partial charge on any atom is -0.364 e. The Morgan fingerprint density at radius 1 is 1.03 bits per heavy atom. The first-order valence-electron chi connectivity index (χ1n) is 9.34. The van der Waals surface area contributed by atoms with Crippen LogP contribution in [-0.4, -0.2) is 39.1 Å². The summed E-state index contributed by atoms with van der Waals surface area (Å²) in [5.74, 6) is -0.917. The van der Waals surface area contributed by atoms with Gasteiger partial charge < -0.3 is 4.74 Å². The normalized spacial score (nSPS) is 13.3. The Morgan fingerprint density at radius 3 is 2.12 bits per heavy atom. The maximum absolute atomic E-state index is 13.3. The van der Waals surface area contributed by atoms with E-state index >= 15 is 0 Å². The summed E-state index contributed by atoms with van der Waals surface area (Å²) in [6.45, 7) is 1.12. The van der Waals surface area contributed by atoms with Crippen molar-refractivity contribution in [3.63, 3.8) is 0 Å². The van der Waals surface area contributed by atoms with Crippen LogP contribution in [0, 0.1) is 0 Å². The Labute approximate surface area is 186 Å². The molecule has 3 aromatic rings. The number of anilines is 1. The Balaban J connectivity index is 2.14. The number of fused-ring (bicyclic) bond motifs is 1. The third kappa shape index (κ3) is 5.03. The molecule has 0 N–H and O–H groups in total. The number of amides is 1. The molecule has 0 saturated heterocycles. The lowest BCUT2D eigenvalue weighted by molar-refractivity contribution is -0.138. The minimum absolute atomic E-state index is 0.0190. The summed E-state index contributed by atoms with van der Waals surface area (Å²) in [7, 11) is -0.652. The molecule has 0 saturated carbocycles. The van der Waals surface area contributed by atoms with Crippen molar-refractivity contribution >= 4 is 28.0 Å². The van der Waals surface area contributed by atoms with Crippen LogP contribution in [0.25, 0.3) is 5.65 Å². The van der Waals surface area contributed by atoms with Gasteiger partial charge in [-0.3, -0.25) is 18.3 Å². The first-order valence-corrected chi connectivity index (χ1v) is 10.7. The van der Waals surface area contributed by atoms with Crippen LogP contribution in [0.5, 0.6) is 0 Å². The Kier molecular flexibility index (Phi) is 6.84. The molecule has 1 atom stereocenters. The van der Waals surface area contributed by atoms with Crippen LogP contribution in [0.2, 0.25) is 0 Å². The monoisotopic (exact) mass is 493 g/mol. The summed E-state index contributed by atoms with van der Waals surface area (Å²) < 4.78 is 96.8. The molecule has 3 rings (SSSR count). The number of pyridine rings is 1. The zero-order valence-electron chi connectivity index (χ0n) is 17.2. The van der Waals surface area contributed by atoms with Crippen molar-refractivity contribution in [2.75, 3.05) is 24.5 Å². The second kappa shape index (κ2) is 9.14. The van der Waals surface area contributed by atoms with Gasteiger partial charge in [0, 0.05) is 24.7 Å². The van der Waals surface area contributed by atoms with Crippen molar-refractivity contribution in [3.8, 4) is 0 Å². The van der Waals surface area contributed by atoms with E-state index in [0.717, 1.165) is 45.7 Å². The molecule has 0 radical (unpaired) electrons. The van der Waals surface area contributed by atoms with Crippen molar-refractivity contribution in [2.24, 2.45) is 0 Å². The summed E-state index contributed by atoms with van der Waals surface area (Å²) in [5.41, 5.74) is -2.39. The largest absolute Gasteiger partial charge is 0.417 e. The highest BCUT2D eigenvalue weighted by Gasteiger charge is 2.34. The van der Waals surface area contributed by atoms with E-state index in [-0.39, 0.29) is 22.1 Å². The highest BCUT2D eigenvalue weighted by Crippen LogP contribution is 2.32. The Hall–Kier alpha value is -2.93. The van der Waals surface area contributed by atoms with Gasteiger partial charge >= 0.3 is 12.4 Å². The van der Waals surface area contributed by atoms with Crippen LogP contribution in [0.4, 0.5) is 32.0 Å². The number of hydrogen-bond acceptors (Lipinski definition) is 4. The van der Waals surface area contributed by atoms with Crippen LogP contribution < -0.4 is 4.90 Å². The van der Waals surface area contributed by atoms with Gasteiger partial charge in [-0.25, -0.2) is 4.98 Å². The molecule has 0 aliphatic heterocycles. The second-order valence-electron chi connectivity index (χ2n) is 6.74. The van der Waals surface area contributed by atoms with Gasteiger partial charge in [0.1, 0.15) is 17.4 Å². The molecule has 6 nitrogen and oxygen atoms in total. The van der Waals surface area contributed by atoms with E-state index in [1.807, 2.05) is 0 Å². The predicted octanol–water partition coefficient (Wildman–Crippen LogP) is 4.75. The molecular weight excluding hydrogens is 476 g/mol. The maximum atomic E-state index is 13.3. The zero-order valence-corrected chi connectivity index (χ0v) is 18.0. The fourth-order valence-electron chi connectivity index (χ4n) is 3.02. The van der Waals surface area contributed by atoms with E-state index in [4.69, 9.17) is 4.74 Å². The van der Waals surface area contributed by atoms with E-state index in [2.05, 4.69) is 4.98 Å². The smallest absolute Gasteiger partial charge is 0.364 e. The number of carbonyl (C=O) groups is 1. The van der Waals surface area contributed by atoms with Crippen LogP contribution in [0.15, 0.2) is 47.6 Å². The summed E-state index contributed by atoms with van der Waals surface area (Å²) in [4.78, 5) is 18.3. The van der Waals surface area contributed by atoms with Gasteiger partial charge in [-0.05, 0) is 36.4 Å². The number of imidazole rings is 1. The molecule has 178 valence electrons. The molecule has 2 heterocycles. The van der Waals surface area contributed by atoms with E-state index in [9.17, 15) is 35.3 Å². The highest BCUT2D eigenvalue weighted by molar-refractivity contribution is 7.85. The molecular formula is C20H17F6N3O3S. The molecule has 33 heavy (non-hydrogen) atoms. The second-order valence-corrected chi connectivity index (χ2v) is 8.39. The minimum atomic E-state index is -4.68. The quantitative estimate of drug-likeness (QED) is 0.367. The SMILES string of the molecule is CCS(=O)c1c(C(=O)N(COC)c2ccc(C(F)(F)F)cc2)nc2ccc(C(F)(F)F)cn12. The van der Waals surface area contributed by atoms with Crippen molar-refractivity contribution < 1.29 is 40.1 Å². The first kappa shape index (κ1) is 24.7. The molecule has 0 aliphatic carbocycles. The number of methoxy groups -OCH3 is 1. The third-order valence-electron chi connectivity index (χ3n) is 4.59. The van der Waals surface area contributed by atoms with E-state index < -0.39 is 52.6 Å². The number of nitrogens with zero attached hydrogens (tertiary/aromatic N) is 3. The fourth-order valence-corrected chi connectivity index (χ4v) is 4.01. The number of aromatic nitrogens is 2. The standard InChI is InChI=1S/C20H17F6N3O3S/c1-3-33(31)18-16(27-15-9-6-13(10-28(15)18)20(24,25)26)17(30)29(11-32-2)14-7-4-12(5-8-14)19(21,22)23/h4-10H,3,11H2,1-2H3. The van der Waals surface area contributed by atoms with Gasteiger partial charge in [0.15, 0.2) is 5.69 Å². The summed E-state index contributed by atoms with van der Waals surface area (Å²) in [6, 6.07) is 5.46. The summed E-state index contributed by atoms with van der Waals surface area (Å²) in [6.07, 6.45) is -8.58. The Morgan fingerprint density at radius 2 is 1.61 bits per heavy atom. The van der Waals surface area contributed by atoms with Crippen molar-refractivity contribution in [2.45, 2.75) is 24.3 Å². The lowest BCUT2D eigenvalue weighted by Crippen LogP contribution is -2.34. The number of rotatable bonds is 6. The summed E-state index contributed by atoms with van der Waals surface area (Å²) >= 11 is 0. The number of carbonyl (C=O) groups excluding carboxylic acids is 1. The van der Waals surface area contributed by atoms with Crippen molar-refractivity contribution in [1.82, 2.24) is 9.38 Å². The van der Waals surface area contributed by atoms with Gasteiger partial charge in [0.2, 0.25) is 0 Å². The van der Waals surface area contributed by atoms with E-state index in [0.29, 0.717) is 6.20 Å². The highest BCUT2D eigenvalue weighted by atomic mass is 32.2. The number of benzene rings is 1. The topological polar surface area (TPSA) is 63.9 Å². The first-order chi connectivity index (χ1) is 15.4. The van der Waals surface area contributed by atoms with Gasteiger partial charge in [-0.15, -0.1) is 0 Å². The van der Waals surface area contributed by atoms with Crippen LogP contribution >= 0.6 is 0 Å². The number of alkyl halides is 6. The molecule has 0 aliphatic rings. The van der Waals surface area contributed by atoms with Crippen molar-refractivity contribution in [1.29, 1.82) is 0 Å². The molecule has 0 fully saturated rings. The number of halogens is 6. The lowest BCUT2D eigenvalue weighted by Gasteiger charge is -2.22. The molecule has 2 aromatic heterocycles. The molecule has 1 amide bonds. The van der Waals surface area contributed by atoms with E-state index in [1.165, 1.54) is 14.0 Å². The average molecular weight is 493 g/mol. The van der Waals surface area contributed by atoms with Gasteiger partial charge in [0.25, 0.3) is 5.91 Å². The third-order valence-corrected chi connectivity index (χ3v) is 5.94. The van der Waals surface area contributed by atoms with Crippen molar-refractivity contribution in [3.05, 3.63) is 59.4 Å². The lowest BCUT2D eigenvalue weighted by atomic mass is 10.2. The maximum Gasteiger partial charge on any atom is 0.417 e. The van der Waals surface area contributed by atoms with Crippen LogP contribution in [0.3, 0.4) is 0 Å². The number of ether oxygens (including phenoxy) is 1. The van der Waals surface area contributed by atoms with Gasteiger partial charge in [-0.2, -0.15) is 26.3 Å². The van der Waals surface area contributed by atoms with Crippen LogP contribution in [0.1, 0.15) is 28.5 Å². The van der Waals surface area contributed by atoms with Gasteiger partial charge in [-0.1, -0.05) is 6.92 Å². The molecule has 13 heteroatoms. The zero-order chi connectivity index (χ0) is 24.6. The molecule has 1 unspecified atom stereocenters.